The quantitative estimate of drug-likeness (QED) is 0.638. The molecule has 1 aromatic carbocycles. The van der Waals surface area contributed by atoms with E-state index >= 15 is 0 Å². The molecule has 9 nitrogen and oxygen atoms in total. The van der Waals surface area contributed by atoms with Gasteiger partial charge < -0.3 is 14.7 Å². The maximum absolute atomic E-state index is 13.4. The normalized spacial score (nSPS) is 22.6. The number of likely N-dealkylation sites (N-methyl/N-ethyl adjacent to an activating group) is 1. The molecule has 1 atom stereocenters. The Balaban J connectivity index is 1.41. The summed E-state index contributed by atoms with van der Waals surface area (Å²) in [5.74, 6) is 0.525. The van der Waals surface area contributed by atoms with Gasteiger partial charge in [0.1, 0.15) is 10.9 Å². The smallest absolute Gasteiger partial charge is 0.285 e. The van der Waals surface area contributed by atoms with E-state index in [4.69, 9.17) is 0 Å². The first-order valence-electron chi connectivity index (χ1n) is 11.4. The molecule has 2 fully saturated rings. The molecule has 2 amide bonds. The van der Waals surface area contributed by atoms with Crippen LogP contribution in [0.5, 0.6) is 0 Å². The maximum Gasteiger partial charge on any atom is 0.285 e. The van der Waals surface area contributed by atoms with Crippen LogP contribution in [0.4, 0.5) is 0 Å². The standard InChI is InChI=1S/C22H31N5O4S/c1-3-25(4-2)20(28)16-24-12-14-26(15-13-24)22(29)18-9-7-11-27(18)21-17-8-5-6-10-19(17)32(30,31)23-21/h5-6,8,10,18H,3-4,7,9,11-16H2,1-2H3/t18-/m0/s1. The number of likely N-dealkylation sites (tertiary alicyclic amines) is 1. The number of sulfonamides is 1. The second kappa shape index (κ2) is 9.19. The highest BCUT2D eigenvalue weighted by molar-refractivity contribution is 7.90. The summed E-state index contributed by atoms with van der Waals surface area (Å²) in [5, 5.41) is 0. The first-order valence-corrected chi connectivity index (χ1v) is 12.8. The highest BCUT2D eigenvalue weighted by Gasteiger charge is 2.41. The first-order chi connectivity index (χ1) is 15.4. The largest absolute Gasteiger partial charge is 0.343 e. The van der Waals surface area contributed by atoms with Crippen molar-refractivity contribution in [3.8, 4) is 0 Å². The molecule has 4 rings (SSSR count). The molecule has 0 aromatic heterocycles. The Morgan fingerprint density at radius 2 is 1.75 bits per heavy atom. The fourth-order valence-electron chi connectivity index (χ4n) is 4.78. The molecule has 3 heterocycles. The summed E-state index contributed by atoms with van der Waals surface area (Å²) in [4.78, 5) is 33.6. The zero-order valence-electron chi connectivity index (χ0n) is 18.7. The van der Waals surface area contributed by atoms with Gasteiger partial charge in [-0.25, -0.2) is 0 Å². The monoisotopic (exact) mass is 461 g/mol. The molecule has 0 bridgehead atoms. The van der Waals surface area contributed by atoms with Gasteiger partial charge in [-0.1, -0.05) is 12.1 Å². The van der Waals surface area contributed by atoms with E-state index < -0.39 is 16.1 Å². The number of hydrogen-bond acceptors (Lipinski definition) is 6. The highest BCUT2D eigenvalue weighted by Crippen LogP contribution is 2.31. The molecule has 3 aliphatic rings. The lowest BCUT2D eigenvalue weighted by atomic mass is 10.1. The van der Waals surface area contributed by atoms with E-state index in [9.17, 15) is 18.0 Å². The Labute approximate surface area is 189 Å². The number of amidine groups is 1. The Morgan fingerprint density at radius 3 is 2.44 bits per heavy atom. The van der Waals surface area contributed by atoms with Crippen LogP contribution in [-0.2, 0) is 19.6 Å². The third kappa shape index (κ3) is 4.25. The van der Waals surface area contributed by atoms with Gasteiger partial charge in [0, 0.05) is 51.4 Å². The molecule has 3 aliphatic heterocycles. The van der Waals surface area contributed by atoms with E-state index in [0.717, 1.165) is 6.42 Å². The number of carbonyl (C=O) groups excluding carboxylic acids is 2. The Morgan fingerprint density at radius 1 is 1.06 bits per heavy atom. The number of amides is 2. The van der Waals surface area contributed by atoms with Gasteiger partial charge in [0.2, 0.25) is 11.8 Å². The van der Waals surface area contributed by atoms with Crippen molar-refractivity contribution in [1.82, 2.24) is 19.6 Å². The van der Waals surface area contributed by atoms with Crippen LogP contribution in [0.3, 0.4) is 0 Å². The predicted molar refractivity (Wildman–Crippen MR) is 121 cm³/mol. The molecule has 0 radical (unpaired) electrons. The van der Waals surface area contributed by atoms with Crippen molar-refractivity contribution >= 4 is 27.7 Å². The molecular weight excluding hydrogens is 430 g/mol. The van der Waals surface area contributed by atoms with Gasteiger partial charge in [-0.3, -0.25) is 14.5 Å². The molecule has 0 aliphatic carbocycles. The number of piperazine rings is 1. The van der Waals surface area contributed by atoms with Crippen LogP contribution in [0, 0.1) is 0 Å². The average Bonchev–Trinajstić information content (AvgIpc) is 3.37. The van der Waals surface area contributed by atoms with E-state index in [1.807, 2.05) is 28.5 Å². The van der Waals surface area contributed by atoms with Crippen molar-refractivity contribution < 1.29 is 18.0 Å². The van der Waals surface area contributed by atoms with Crippen LogP contribution in [0.25, 0.3) is 0 Å². The van der Waals surface area contributed by atoms with Gasteiger partial charge in [-0.05, 0) is 38.8 Å². The van der Waals surface area contributed by atoms with Gasteiger partial charge in [0.05, 0.1) is 6.54 Å². The summed E-state index contributed by atoms with van der Waals surface area (Å²) in [6.45, 7) is 8.79. The van der Waals surface area contributed by atoms with Crippen molar-refractivity contribution in [2.45, 2.75) is 37.6 Å². The number of fused-ring (bicyclic) bond motifs is 1. The van der Waals surface area contributed by atoms with Crippen LogP contribution in [-0.4, -0.2) is 104 Å². The zero-order chi connectivity index (χ0) is 22.9. The molecule has 1 aromatic rings. The minimum atomic E-state index is -3.72. The summed E-state index contributed by atoms with van der Waals surface area (Å²) in [6.07, 6.45) is 1.50. The molecule has 0 N–H and O–H groups in total. The lowest BCUT2D eigenvalue weighted by molar-refractivity contribution is -0.137. The van der Waals surface area contributed by atoms with E-state index in [1.54, 1.807) is 24.3 Å². The molecule has 0 saturated carbocycles. The van der Waals surface area contributed by atoms with Crippen molar-refractivity contribution in [3.05, 3.63) is 29.8 Å². The SMILES string of the molecule is CCN(CC)C(=O)CN1CCN(C(=O)[C@@H]2CCCN2C2=NS(=O)(=O)c3ccccc32)CC1. The number of benzene rings is 1. The topological polar surface area (TPSA) is 93.6 Å². The van der Waals surface area contributed by atoms with Gasteiger partial charge in [0.15, 0.2) is 5.84 Å². The fourth-order valence-corrected chi connectivity index (χ4v) is 5.99. The van der Waals surface area contributed by atoms with Crippen LogP contribution in [0.2, 0.25) is 0 Å². The van der Waals surface area contributed by atoms with Crippen LogP contribution in [0.15, 0.2) is 33.6 Å². The van der Waals surface area contributed by atoms with E-state index in [1.165, 1.54) is 0 Å². The minimum absolute atomic E-state index is 0.0155. The Kier molecular flexibility index (Phi) is 6.52. The van der Waals surface area contributed by atoms with Crippen LogP contribution in [0.1, 0.15) is 32.3 Å². The van der Waals surface area contributed by atoms with E-state index in [2.05, 4.69) is 9.30 Å². The molecule has 2 saturated heterocycles. The summed E-state index contributed by atoms with van der Waals surface area (Å²) < 4.78 is 29.0. The average molecular weight is 462 g/mol. The van der Waals surface area contributed by atoms with Crippen molar-refractivity contribution in [1.29, 1.82) is 0 Å². The summed E-state index contributed by atoms with van der Waals surface area (Å²) in [7, 11) is -3.72. The van der Waals surface area contributed by atoms with E-state index in [0.29, 0.717) is 70.2 Å². The Hall–Kier alpha value is -2.46. The van der Waals surface area contributed by atoms with E-state index in [-0.39, 0.29) is 16.7 Å². The lowest BCUT2D eigenvalue weighted by Crippen LogP contribution is -2.55. The molecule has 32 heavy (non-hydrogen) atoms. The maximum atomic E-state index is 13.4. The summed E-state index contributed by atoms with van der Waals surface area (Å²) >= 11 is 0. The zero-order valence-corrected chi connectivity index (χ0v) is 19.6. The Bertz CT molecular complexity index is 1010. The molecule has 0 unspecified atom stereocenters. The van der Waals surface area contributed by atoms with Crippen LogP contribution >= 0.6 is 0 Å². The minimum Gasteiger partial charge on any atom is -0.343 e. The molecule has 174 valence electrons. The van der Waals surface area contributed by atoms with Gasteiger partial charge >= 0.3 is 0 Å². The van der Waals surface area contributed by atoms with Crippen molar-refractivity contribution in [2.24, 2.45) is 4.40 Å². The highest BCUT2D eigenvalue weighted by atomic mass is 32.2. The number of nitrogens with zero attached hydrogens (tertiary/aromatic N) is 5. The molecular formula is C22H31N5O4S. The van der Waals surface area contributed by atoms with Crippen LogP contribution < -0.4 is 0 Å². The van der Waals surface area contributed by atoms with Gasteiger partial charge in [0.25, 0.3) is 10.0 Å². The summed E-state index contributed by atoms with van der Waals surface area (Å²) in [6, 6.07) is 6.39. The predicted octanol–water partition coefficient (Wildman–Crippen LogP) is 0.613. The molecule has 0 spiro atoms. The summed E-state index contributed by atoms with van der Waals surface area (Å²) in [5.41, 5.74) is 0.576. The second-order valence-corrected chi connectivity index (χ2v) is 9.98. The lowest BCUT2D eigenvalue weighted by Gasteiger charge is -2.37. The number of rotatable bonds is 5. The van der Waals surface area contributed by atoms with Gasteiger partial charge in [-0.2, -0.15) is 8.42 Å². The number of carbonyl (C=O) groups is 2. The first kappa shape index (κ1) is 22.7. The van der Waals surface area contributed by atoms with Crippen molar-refractivity contribution in [2.75, 3.05) is 52.4 Å². The number of hydrogen-bond donors (Lipinski definition) is 0. The third-order valence-electron chi connectivity index (χ3n) is 6.58. The molecule has 10 heteroatoms. The van der Waals surface area contributed by atoms with Crippen molar-refractivity contribution in [3.63, 3.8) is 0 Å². The second-order valence-electron chi connectivity index (χ2n) is 8.41. The third-order valence-corrected chi connectivity index (χ3v) is 7.91. The fraction of sp³-hybridized carbons (Fsp3) is 0.591. The van der Waals surface area contributed by atoms with Gasteiger partial charge in [-0.15, -0.1) is 4.40 Å².